The van der Waals surface area contributed by atoms with Gasteiger partial charge >= 0.3 is 0 Å². The highest BCUT2D eigenvalue weighted by atomic mass is 35.5. The topological polar surface area (TPSA) is 57.7 Å². The fraction of sp³-hybridized carbons (Fsp3) is 0.391. The van der Waals surface area contributed by atoms with E-state index in [-0.39, 0.29) is 12.5 Å². The number of aromatic nitrogens is 1. The van der Waals surface area contributed by atoms with Crippen molar-refractivity contribution in [3.05, 3.63) is 51.5 Å². The van der Waals surface area contributed by atoms with Crippen molar-refractivity contribution in [3.63, 3.8) is 0 Å². The first-order valence-electron chi connectivity index (χ1n) is 10.6. The van der Waals surface area contributed by atoms with Crippen LogP contribution >= 0.6 is 34.5 Å². The van der Waals surface area contributed by atoms with Gasteiger partial charge in [-0.2, -0.15) is 0 Å². The van der Waals surface area contributed by atoms with E-state index in [1.54, 1.807) is 29.5 Å². The van der Waals surface area contributed by atoms with Gasteiger partial charge in [0, 0.05) is 44.3 Å². The summed E-state index contributed by atoms with van der Waals surface area (Å²) in [7, 11) is 0. The van der Waals surface area contributed by atoms with Crippen LogP contribution in [0.1, 0.15) is 11.1 Å². The molecule has 0 unspecified atom stereocenters. The summed E-state index contributed by atoms with van der Waals surface area (Å²) >= 11 is 13.7. The Morgan fingerprint density at radius 3 is 2.69 bits per heavy atom. The Morgan fingerprint density at radius 2 is 1.94 bits per heavy atom. The Kier molecular flexibility index (Phi) is 7.40. The molecule has 170 valence electrons. The van der Waals surface area contributed by atoms with E-state index in [0.717, 1.165) is 43.4 Å². The summed E-state index contributed by atoms with van der Waals surface area (Å²) in [5.41, 5.74) is 3.67. The normalized spacial score (nSPS) is 14.7. The van der Waals surface area contributed by atoms with Crippen LogP contribution in [0.2, 0.25) is 10.0 Å². The van der Waals surface area contributed by atoms with Gasteiger partial charge in [-0.25, -0.2) is 4.98 Å². The molecule has 4 rings (SSSR count). The van der Waals surface area contributed by atoms with Crippen LogP contribution in [0, 0.1) is 13.8 Å². The first-order valence-corrected chi connectivity index (χ1v) is 12.2. The summed E-state index contributed by atoms with van der Waals surface area (Å²) in [6.07, 6.45) is 0. The number of halogens is 2. The molecular formula is C23H26Cl2N4O2S. The van der Waals surface area contributed by atoms with Crippen molar-refractivity contribution in [1.29, 1.82) is 0 Å². The third-order valence-electron chi connectivity index (χ3n) is 5.72. The molecule has 1 saturated heterocycles. The molecule has 1 N–H and O–H groups in total. The number of nitrogens with zero attached hydrogens (tertiary/aromatic N) is 3. The van der Waals surface area contributed by atoms with Gasteiger partial charge < -0.3 is 15.0 Å². The lowest BCUT2D eigenvalue weighted by atomic mass is 10.1. The van der Waals surface area contributed by atoms with Crippen molar-refractivity contribution in [2.75, 3.05) is 50.8 Å². The highest BCUT2D eigenvalue weighted by Crippen LogP contribution is 2.32. The van der Waals surface area contributed by atoms with E-state index in [9.17, 15) is 4.79 Å². The Hall–Kier alpha value is -2.06. The molecule has 1 fully saturated rings. The number of anilines is 1. The highest BCUT2D eigenvalue weighted by Gasteiger charge is 2.20. The Labute approximate surface area is 202 Å². The van der Waals surface area contributed by atoms with Crippen LogP contribution in [0.15, 0.2) is 30.3 Å². The second-order valence-electron chi connectivity index (χ2n) is 7.89. The third kappa shape index (κ3) is 5.46. The maximum atomic E-state index is 12.1. The molecule has 3 aromatic rings. The molecule has 6 nitrogen and oxygen atoms in total. The van der Waals surface area contributed by atoms with Gasteiger partial charge in [-0.1, -0.05) is 40.6 Å². The molecule has 2 heterocycles. The molecule has 0 saturated carbocycles. The zero-order valence-electron chi connectivity index (χ0n) is 18.2. The van der Waals surface area contributed by atoms with E-state index in [4.69, 9.17) is 32.9 Å². The van der Waals surface area contributed by atoms with Crippen molar-refractivity contribution in [2.45, 2.75) is 13.8 Å². The fourth-order valence-corrected chi connectivity index (χ4v) is 5.19. The summed E-state index contributed by atoms with van der Waals surface area (Å²) in [5, 5.41) is 4.92. The first-order chi connectivity index (χ1) is 15.4. The number of carbonyl (C=O) groups excluding carboxylic acids is 1. The van der Waals surface area contributed by atoms with Crippen LogP contribution in [0.5, 0.6) is 5.75 Å². The fourth-order valence-electron chi connectivity index (χ4n) is 3.65. The zero-order valence-corrected chi connectivity index (χ0v) is 20.5. The minimum absolute atomic E-state index is 0.0778. The van der Waals surface area contributed by atoms with E-state index >= 15 is 0 Å². The number of amides is 1. The molecule has 0 atom stereocenters. The largest absolute Gasteiger partial charge is 0.482 e. The number of nitrogens with one attached hydrogen (secondary N) is 1. The lowest BCUT2D eigenvalue weighted by Gasteiger charge is -2.34. The molecule has 0 radical (unpaired) electrons. The maximum Gasteiger partial charge on any atom is 0.257 e. The number of piperazine rings is 1. The van der Waals surface area contributed by atoms with Gasteiger partial charge in [0.05, 0.1) is 15.2 Å². The van der Waals surface area contributed by atoms with Crippen molar-refractivity contribution < 1.29 is 9.53 Å². The summed E-state index contributed by atoms with van der Waals surface area (Å²) in [4.78, 5) is 21.7. The molecule has 1 amide bonds. The van der Waals surface area contributed by atoms with Crippen LogP contribution in [-0.4, -0.2) is 61.7 Å². The molecule has 9 heteroatoms. The minimum Gasteiger partial charge on any atom is -0.482 e. The summed E-state index contributed by atoms with van der Waals surface area (Å²) in [6, 6.07) is 9.26. The first kappa shape index (κ1) is 23.1. The number of ether oxygens (including phenoxy) is 1. The maximum absolute atomic E-state index is 12.1. The summed E-state index contributed by atoms with van der Waals surface area (Å²) < 4.78 is 6.72. The molecular weight excluding hydrogens is 467 g/mol. The number of hydrogen-bond donors (Lipinski definition) is 1. The molecule has 1 aromatic heterocycles. The van der Waals surface area contributed by atoms with Gasteiger partial charge in [-0.3, -0.25) is 9.69 Å². The second kappa shape index (κ2) is 10.3. The molecule has 32 heavy (non-hydrogen) atoms. The van der Waals surface area contributed by atoms with Crippen molar-refractivity contribution in [3.8, 4) is 5.75 Å². The molecule has 0 aliphatic carbocycles. The van der Waals surface area contributed by atoms with Crippen molar-refractivity contribution >= 4 is 55.8 Å². The zero-order chi connectivity index (χ0) is 22.7. The van der Waals surface area contributed by atoms with E-state index in [0.29, 0.717) is 22.3 Å². The van der Waals surface area contributed by atoms with Gasteiger partial charge in [0.15, 0.2) is 11.7 Å². The molecule has 0 spiro atoms. The third-order valence-corrected chi connectivity index (χ3v) is 7.33. The van der Waals surface area contributed by atoms with Crippen molar-refractivity contribution in [2.24, 2.45) is 0 Å². The predicted octanol–water partition coefficient (Wildman–Crippen LogP) is 4.54. The predicted molar refractivity (Wildman–Crippen MR) is 133 cm³/mol. The van der Waals surface area contributed by atoms with Crippen LogP contribution < -0.4 is 15.0 Å². The number of hydrogen-bond acceptors (Lipinski definition) is 6. The smallest absolute Gasteiger partial charge is 0.257 e. The number of fused-ring (bicyclic) bond motifs is 1. The van der Waals surface area contributed by atoms with Gasteiger partial charge in [-0.15, -0.1) is 0 Å². The Bertz CT molecular complexity index is 1110. The van der Waals surface area contributed by atoms with Gasteiger partial charge in [-0.05, 0) is 49.2 Å². The SMILES string of the molecule is Cc1ccc2sc(N3CCN(CCNC(=O)COc4ccc(Cl)cc4Cl)CC3)nc2c1C. The Morgan fingerprint density at radius 1 is 1.16 bits per heavy atom. The second-order valence-corrected chi connectivity index (χ2v) is 9.75. The lowest BCUT2D eigenvalue weighted by molar-refractivity contribution is -0.123. The number of rotatable bonds is 7. The number of aryl methyl sites for hydroxylation is 2. The van der Waals surface area contributed by atoms with E-state index in [1.807, 2.05) is 0 Å². The minimum atomic E-state index is -0.171. The van der Waals surface area contributed by atoms with Gasteiger partial charge in [0.1, 0.15) is 5.75 Å². The number of thiazole rings is 1. The lowest BCUT2D eigenvalue weighted by Crippen LogP contribution is -2.48. The quantitative estimate of drug-likeness (QED) is 0.524. The van der Waals surface area contributed by atoms with Gasteiger partial charge in [0.2, 0.25) is 0 Å². The summed E-state index contributed by atoms with van der Waals surface area (Å²) in [5.74, 6) is 0.275. The molecule has 0 bridgehead atoms. The van der Waals surface area contributed by atoms with Crippen LogP contribution in [0.3, 0.4) is 0 Å². The average Bonchev–Trinajstić information content (AvgIpc) is 3.21. The standard InChI is InChI=1S/C23H26Cl2N4O2S/c1-15-3-6-20-22(16(15)2)27-23(32-20)29-11-9-28(10-12-29)8-7-26-21(30)14-31-19-5-4-17(24)13-18(19)25/h3-6,13H,7-12,14H2,1-2H3,(H,26,30). The number of benzene rings is 2. The van der Waals surface area contributed by atoms with E-state index in [1.165, 1.54) is 15.8 Å². The average molecular weight is 493 g/mol. The molecule has 1 aliphatic heterocycles. The van der Waals surface area contributed by atoms with E-state index in [2.05, 4.69) is 41.1 Å². The highest BCUT2D eigenvalue weighted by molar-refractivity contribution is 7.22. The van der Waals surface area contributed by atoms with Crippen LogP contribution in [-0.2, 0) is 4.79 Å². The molecule has 1 aliphatic rings. The number of carbonyl (C=O) groups is 1. The molecule has 2 aromatic carbocycles. The van der Waals surface area contributed by atoms with Crippen molar-refractivity contribution in [1.82, 2.24) is 15.2 Å². The van der Waals surface area contributed by atoms with Crippen LogP contribution in [0.4, 0.5) is 5.13 Å². The monoisotopic (exact) mass is 492 g/mol. The van der Waals surface area contributed by atoms with Crippen LogP contribution in [0.25, 0.3) is 10.2 Å². The summed E-state index contributed by atoms with van der Waals surface area (Å²) in [6.45, 7) is 9.34. The Balaban J connectivity index is 1.19. The van der Waals surface area contributed by atoms with Gasteiger partial charge in [0.25, 0.3) is 5.91 Å². The van der Waals surface area contributed by atoms with E-state index < -0.39 is 0 Å².